The van der Waals surface area contributed by atoms with E-state index in [0.29, 0.717) is 0 Å². The maximum absolute atomic E-state index is 12.1. The lowest BCUT2D eigenvalue weighted by molar-refractivity contribution is -0.385. The van der Waals surface area contributed by atoms with Crippen LogP contribution in [0, 0.1) is 10.1 Å². The smallest absolute Gasteiger partial charge is 0.282 e. The summed E-state index contributed by atoms with van der Waals surface area (Å²) in [6.45, 7) is 0. The van der Waals surface area contributed by atoms with Gasteiger partial charge in [0.15, 0.2) is 0 Å². The van der Waals surface area contributed by atoms with E-state index in [-0.39, 0.29) is 23.0 Å². The van der Waals surface area contributed by atoms with Gasteiger partial charge in [-0.2, -0.15) is 0 Å². The molecule has 0 bridgehead atoms. The molecule has 1 fully saturated rings. The summed E-state index contributed by atoms with van der Waals surface area (Å²) in [4.78, 5) is 22.3. The molecule has 0 radical (unpaired) electrons. The van der Waals surface area contributed by atoms with Crippen LogP contribution in [-0.2, 0) is 0 Å². The van der Waals surface area contributed by atoms with Gasteiger partial charge in [0.25, 0.3) is 11.6 Å². The van der Waals surface area contributed by atoms with Gasteiger partial charge in [0.1, 0.15) is 11.3 Å². The average molecular weight is 264 g/mol. The molecule has 0 heterocycles. The third kappa shape index (κ3) is 3.21. The minimum Gasteiger partial charge on any atom is -0.508 e. The monoisotopic (exact) mass is 264 g/mol. The topological polar surface area (TPSA) is 92.5 Å². The summed E-state index contributed by atoms with van der Waals surface area (Å²) < 4.78 is 0. The Bertz CT molecular complexity index is 495. The molecule has 1 aliphatic carbocycles. The van der Waals surface area contributed by atoms with Crippen LogP contribution in [-0.4, -0.2) is 22.0 Å². The van der Waals surface area contributed by atoms with Gasteiger partial charge in [-0.05, 0) is 25.0 Å². The van der Waals surface area contributed by atoms with Gasteiger partial charge in [-0.15, -0.1) is 0 Å². The first-order chi connectivity index (χ1) is 9.08. The summed E-state index contributed by atoms with van der Waals surface area (Å²) in [5.74, 6) is -0.645. The lowest BCUT2D eigenvalue weighted by Crippen LogP contribution is -2.36. The van der Waals surface area contributed by atoms with E-state index >= 15 is 0 Å². The van der Waals surface area contributed by atoms with Gasteiger partial charge < -0.3 is 10.4 Å². The van der Waals surface area contributed by atoms with Crippen LogP contribution in [0.5, 0.6) is 5.75 Å². The quantitative estimate of drug-likeness (QED) is 0.647. The molecule has 1 aromatic rings. The lowest BCUT2D eigenvalue weighted by Gasteiger charge is -2.22. The summed E-state index contributed by atoms with van der Waals surface area (Å²) in [5.41, 5.74) is -0.373. The molecule has 2 N–H and O–H groups in total. The number of phenolic OH excluding ortho intramolecular Hbond substituents is 1. The van der Waals surface area contributed by atoms with E-state index < -0.39 is 10.8 Å². The van der Waals surface area contributed by atoms with E-state index in [9.17, 15) is 20.0 Å². The van der Waals surface area contributed by atoms with Crippen LogP contribution in [0.25, 0.3) is 0 Å². The molecule has 1 amide bonds. The number of benzene rings is 1. The summed E-state index contributed by atoms with van der Waals surface area (Å²) >= 11 is 0. The Balaban J connectivity index is 2.17. The highest BCUT2D eigenvalue weighted by Crippen LogP contribution is 2.24. The van der Waals surface area contributed by atoms with Gasteiger partial charge in [0, 0.05) is 12.1 Å². The third-order valence-corrected chi connectivity index (χ3v) is 3.36. The van der Waals surface area contributed by atoms with E-state index in [1.165, 1.54) is 12.5 Å². The number of nitrogens with one attached hydrogen (secondary N) is 1. The molecule has 102 valence electrons. The number of hydrogen-bond acceptors (Lipinski definition) is 4. The summed E-state index contributed by atoms with van der Waals surface area (Å²) in [6, 6.07) is 3.56. The minimum absolute atomic E-state index is 0.0724. The fourth-order valence-corrected chi connectivity index (χ4v) is 2.38. The van der Waals surface area contributed by atoms with Crippen LogP contribution in [0.1, 0.15) is 42.5 Å². The Labute approximate surface area is 110 Å². The first kappa shape index (κ1) is 13.3. The van der Waals surface area contributed by atoms with Crippen molar-refractivity contribution >= 4 is 11.6 Å². The van der Waals surface area contributed by atoms with Crippen LogP contribution < -0.4 is 5.32 Å². The van der Waals surface area contributed by atoms with Crippen molar-refractivity contribution in [3.8, 4) is 5.75 Å². The van der Waals surface area contributed by atoms with Crippen molar-refractivity contribution < 1.29 is 14.8 Å². The molecule has 0 aliphatic heterocycles. The first-order valence-corrected chi connectivity index (χ1v) is 6.36. The molecule has 0 spiro atoms. The minimum atomic E-state index is -0.616. The number of aromatic hydroxyl groups is 1. The molecule has 0 aromatic heterocycles. The number of phenols is 1. The predicted molar refractivity (Wildman–Crippen MR) is 69.1 cm³/mol. The number of nitro benzene ring substituents is 1. The molecular formula is C13H16N2O4. The molecule has 6 nitrogen and oxygen atoms in total. The van der Waals surface area contributed by atoms with E-state index in [1.54, 1.807) is 0 Å². The van der Waals surface area contributed by atoms with Crippen LogP contribution >= 0.6 is 0 Å². The van der Waals surface area contributed by atoms with E-state index in [4.69, 9.17) is 0 Å². The van der Waals surface area contributed by atoms with E-state index in [0.717, 1.165) is 37.8 Å². The van der Waals surface area contributed by atoms with Gasteiger partial charge in [0.2, 0.25) is 0 Å². The molecule has 19 heavy (non-hydrogen) atoms. The Morgan fingerprint density at radius 1 is 1.32 bits per heavy atom. The predicted octanol–water partition coefficient (Wildman–Crippen LogP) is 2.36. The van der Waals surface area contributed by atoms with E-state index in [1.807, 2.05) is 0 Å². The summed E-state index contributed by atoms with van der Waals surface area (Å²) in [5, 5.41) is 23.0. The van der Waals surface area contributed by atoms with Crippen molar-refractivity contribution in [2.45, 2.75) is 38.1 Å². The highest BCUT2D eigenvalue weighted by atomic mass is 16.6. The Morgan fingerprint density at radius 3 is 2.63 bits per heavy atom. The first-order valence-electron chi connectivity index (χ1n) is 6.36. The second-order valence-electron chi connectivity index (χ2n) is 4.77. The van der Waals surface area contributed by atoms with Gasteiger partial charge in [-0.25, -0.2) is 0 Å². The summed E-state index contributed by atoms with van der Waals surface area (Å²) in [7, 11) is 0. The zero-order chi connectivity index (χ0) is 13.8. The van der Waals surface area contributed by atoms with E-state index in [2.05, 4.69) is 5.32 Å². The standard InChI is InChI=1S/C13H16N2O4/c16-10-6-7-12(15(18)19)11(8-10)13(17)14-9-4-2-1-3-5-9/h6-9,16H,1-5H2,(H,14,17). The molecule has 0 atom stereocenters. The second kappa shape index (κ2) is 5.69. The number of carbonyl (C=O) groups is 1. The largest absolute Gasteiger partial charge is 0.508 e. The molecule has 0 unspecified atom stereocenters. The maximum Gasteiger partial charge on any atom is 0.282 e. The van der Waals surface area contributed by atoms with Gasteiger partial charge in [-0.3, -0.25) is 14.9 Å². The highest BCUT2D eigenvalue weighted by Gasteiger charge is 2.23. The normalized spacial score (nSPS) is 16.0. The van der Waals surface area contributed by atoms with Gasteiger partial charge >= 0.3 is 0 Å². The Hall–Kier alpha value is -2.11. The Morgan fingerprint density at radius 2 is 2.00 bits per heavy atom. The molecule has 1 saturated carbocycles. The van der Waals surface area contributed by atoms with Crippen molar-refractivity contribution in [2.24, 2.45) is 0 Å². The van der Waals surface area contributed by atoms with Crippen molar-refractivity contribution in [1.29, 1.82) is 0 Å². The van der Waals surface area contributed by atoms with Crippen LogP contribution in [0.15, 0.2) is 18.2 Å². The number of amides is 1. The average Bonchev–Trinajstić information content (AvgIpc) is 2.39. The molecule has 6 heteroatoms. The third-order valence-electron chi connectivity index (χ3n) is 3.36. The number of nitrogens with zero attached hydrogens (tertiary/aromatic N) is 1. The lowest BCUT2D eigenvalue weighted by atomic mass is 9.95. The Kier molecular flexibility index (Phi) is 3.99. The number of hydrogen-bond donors (Lipinski definition) is 2. The number of nitro groups is 1. The highest BCUT2D eigenvalue weighted by molar-refractivity contribution is 5.98. The van der Waals surface area contributed by atoms with Gasteiger partial charge in [-0.1, -0.05) is 19.3 Å². The zero-order valence-electron chi connectivity index (χ0n) is 10.5. The SMILES string of the molecule is O=C(NC1CCCCC1)c1cc(O)ccc1[N+](=O)[O-]. The van der Waals surface area contributed by atoms with Crippen LogP contribution in [0.2, 0.25) is 0 Å². The second-order valence-corrected chi connectivity index (χ2v) is 4.77. The molecule has 1 aromatic carbocycles. The van der Waals surface area contributed by atoms with Crippen molar-refractivity contribution in [3.05, 3.63) is 33.9 Å². The maximum atomic E-state index is 12.1. The van der Waals surface area contributed by atoms with Crippen LogP contribution in [0.4, 0.5) is 5.69 Å². The van der Waals surface area contributed by atoms with Crippen molar-refractivity contribution in [1.82, 2.24) is 5.32 Å². The summed E-state index contributed by atoms with van der Waals surface area (Å²) in [6.07, 6.45) is 5.09. The fourth-order valence-electron chi connectivity index (χ4n) is 2.38. The fraction of sp³-hybridized carbons (Fsp3) is 0.462. The molecule has 1 aliphatic rings. The zero-order valence-corrected chi connectivity index (χ0v) is 10.5. The van der Waals surface area contributed by atoms with Crippen molar-refractivity contribution in [2.75, 3.05) is 0 Å². The number of carbonyl (C=O) groups excluding carboxylic acids is 1. The number of rotatable bonds is 3. The molecular weight excluding hydrogens is 248 g/mol. The molecule has 0 saturated heterocycles. The molecule has 2 rings (SSSR count). The van der Waals surface area contributed by atoms with Crippen LogP contribution in [0.3, 0.4) is 0 Å². The van der Waals surface area contributed by atoms with Crippen molar-refractivity contribution in [3.63, 3.8) is 0 Å². The van der Waals surface area contributed by atoms with Gasteiger partial charge in [0.05, 0.1) is 4.92 Å².